The fraction of sp³-hybridized carbons (Fsp3) is 0.412. The van der Waals surface area contributed by atoms with E-state index in [1.807, 2.05) is 30.3 Å². The first-order chi connectivity index (χ1) is 11.2. The summed E-state index contributed by atoms with van der Waals surface area (Å²) in [5.74, 6) is 0.515. The van der Waals surface area contributed by atoms with Gasteiger partial charge in [0.25, 0.3) is 5.91 Å². The quantitative estimate of drug-likeness (QED) is 0.884. The van der Waals surface area contributed by atoms with Crippen molar-refractivity contribution in [3.63, 3.8) is 0 Å². The van der Waals surface area contributed by atoms with E-state index in [0.717, 1.165) is 38.2 Å². The zero-order chi connectivity index (χ0) is 16.1. The molecule has 0 fully saturated rings. The van der Waals surface area contributed by atoms with Crippen LogP contribution < -0.4 is 10.1 Å². The number of ether oxygens (including phenoxy) is 1. The van der Waals surface area contributed by atoms with Gasteiger partial charge < -0.3 is 4.74 Å². The second-order valence-corrected chi connectivity index (χ2v) is 6.65. The molecule has 1 aromatic heterocycles. The lowest BCUT2D eigenvalue weighted by Crippen LogP contribution is -2.30. The van der Waals surface area contributed by atoms with Crippen molar-refractivity contribution in [2.45, 2.75) is 26.3 Å². The highest BCUT2D eigenvalue weighted by Crippen LogP contribution is 2.28. The Morgan fingerprint density at radius 2 is 2.22 bits per heavy atom. The Morgan fingerprint density at radius 3 is 3.00 bits per heavy atom. The lowest BCUT2D eigenvalue weighted by molar-refractivity contribution is -0.118. The van der Waals surface area contributed by atoms with E-state index in [1.165, 1.54) is 4.88 Å². The van der Waals surface area contributed by atoms with E-state index in [1.54, 1.807) is 11.3 Å². The van der Waals surface area contributed by atoms with Crippen LogP contribution in [0.15, 0.2) is 30.3 Å². The number of thiazole rings is 1. The van der Waals surface area contributed by atoms with Crippen molar-refractivity contribution in [2.75, 3.05) is 25.0 Å². The Hall–Kier alpha value is -1.92. The van der Waals surface area contributed by atoms with Gasteiger partial charge in [0, 0.05) is 24.4 Å². The van der Waals surface area contributed by atoms with Crippen molar-refractivity contribution >= 4 is 22.4 Å². The van der Waals surface area contributed by atoms with Gasteiger partial charge in [-0.25, -0.2) is 4.98 Å². The van der Waals surface area contributed by atoms with E-state index in [4.69, 9.17) is 4.74 Å². The van der Waals surface area contributed by atoms with E-state index in [9.17, 15) is 4.79 Å². The lowest BCUT2D eigenvalue weighted by atomic mass is 10.2. The lowest BCUT2D eigenvalue weighted by Gasteiger charge is -2.24. The molecule has 5 nitrogen and oxygen atoms in total. The number of rotatable bonds is 6. The van der Waals surface area contributed by atoms with Gasteiger partial charge in [-0.15, -0.1) is 11.3 Å². The number of nitrogens with zero attached hydrogens (tertiary/aromatic N) is 2. The molecule has 122 valence electrons. The molecule has 0 bridgehead atoms. The standard InChI is InChI=1S/C17H21N3O2S/c1-2-9-20-10-8-14-15(11-20)23-17(18-14)19-16(21)12-22-13-6-4-3-5-7-13/h3-7H,2,8-12H2,1H3,(H,18,19,21). The molecular formula is C17H21N3O2S. The number of hydrogen-bond acceptors (Lipinski definition) is 5. The first-order valence-electron chi connectivity index (χ1n) is 7.93. The fourth-order valence-electron chi connectivity index (χ4n) is 2.63. The molecule has 1 aliphatic rings. The molecule has 0 saturated heterocycles. The number of nitrogens with one attached hydrogen (secondary N) is 1. The van der Waals surface area contributed by atoms with Crippen LogP contribution in [-0.2, 0) is 17.8 Å². The zero-order valence-electron chi connectivity index (χ0n) is 13.2. The molecule has 2 heterocycles. The summed E-state index contributed by atoms with van der Waals surface area (Å²) in [6, 6.07) is 9.33. The molecule has 2 aromatic rings. The van der Waals surface area contributed by atoms with E-state index in [0.29, 0.717) is 10.9 Å². The van der Waals surface area contributed by atoms with Gasteiger partial charge in [0.1, 0.15) is 5.75 Å². The molecular weight excluding hydrogens is 310 g/mol. The highest BCUT2D eigenvalue weighted by molar-refractivity contribution is 7.15. The maximum atomic E-state index is 12.0. The summed E-state index contributed by atoms with van der Waals surface area (Å²) >= 11 is 1.57. The molecule has 0 radical (unpaired) electrons. The van der Waals surface area contributed by atoms with E-state index in [2.05, 4.69) is 22.1 Å². The van der Waals surface area contributed by atoms with Gasteiger partial charge in [0.05, 0.1) is 5.69 Å². The number of anilines is 1. The van der Waals surface area contributed by atoms with Crippen molar-refractivity contribution in [2.24, 2.45) is 0 Å². The van der Waals surface area contributed by atoms with Gasteiger partial charge in [-0.2, -0.15) is 0 Å². The molecule has 6 heteroatoms. The van der Waals surface area contributed by atoms with Crippen molar-refractivity contribution in [3.05, 3.63) is 40.9 Å². The Kier molecular flexibility index (Phi) is 5.25. The van der Waals surface area contributed by atoms with Crippen LogP contribution in [0.4, 0.5) is 5.13 Å². The van der Waals surface area contributed by atoms with E-state index >= 15 is 0 Å². The van der Waals surface area contributed by atoms with Crippen LogP contribution in [0.1, 0.15) is 23.9 Å². The average molecular weight is 331 g/mol. The minimum Gasteiger partial charge on any atom is -0.484 e. The summed E-state index contributed by atoms with van der Waals surface area (Å²) in [6.07, 6.45) is 2.12. The zero-order valence-corrected chi connectivity index (χ0v) is 14.1. The monoisotopic (exact) mass is 331 g/mol. The van der Waals surface area contributed by atoms with Crippen LogP contribution in [0.25, 0.3) is 0 Å². The molecule has 1 N–H and O–H groups in total. The summed E-state index contributed by atoms with van der Waals surface area (Å²) in [5.41, 5.74) is 1.13. The van der Waals surface area contributed by atoms with E-state index in [-0.39, 0.29) is 12.5 Å². The summed E-state index contributed by atoms with van der Waals surface area (Å²) < 4.78 is 5.45. The van der Waals surface area contributed by atoms with Crippen molar-refractivity contribution in [3.8, 4) is 5.75 Å². The number of benzene rings is 1. The summed E-state index contributed by atoms with van der Waals surface area (Å²) in [5, 5.41) is 3.52. The molecule has 1 amide bonds. The highest BCUT2D eigenvalue weighted by atomic mass is 32.1. The molecule has 0 spiro atoms. The predicted molar refractivity (Wildman–Crippen MR) is 92.0 cm³/mol. The average Bonchev–Trinajstić information content (AvgIpc) is 2.95. The number of carbonyl (C=O) groups is 1. The number of aromatic nitrogens is 1. The van der Waals surface area contributed by atoms with Gasteiger partial charge in [-0.1, -0.05) is 25.1 Å². The normalized spacial score (nSPS) is 14.3. The van der Waals surface area contributed by atoms with Gasteiger partial charge >= 0.3 is 0 Å². The number of fused-ring (bicyclic) bond motifs is 1. The third-order valence-electron chi connectivity index (χ3n) is 3.71. The van der Waals surface area contributed by atoms with Crippen LogP contribution in [0.2, 0.25) is 0 Å². The minimum absolute atomic E-state index is 0.00375. The second-order valence-electron chi connectivity index (χ2n) is 5.56. The van der Waals surface area contributed by atoms with Gasteiger partial charge in [-0.3, -0.25) is 15.0 Å². The minimum atomic E-state index is -0.176. The fourth-order valence-corrected chi connectivity index (χ4v) is 3.70. The Labute approximate surface area is 140 Å². The Bertz CT molecular complexity index is 657. The number of carbonyl (C=O) groups excluding carboxylic acids is 1. The first kappa shape index (κ1) is 16.0. The van der Waals surface area contributed by atoms with Crippen molar-refractivity contribution in [1.29, 1.82) is 0 Å². The van der Waals surface area contributed by atoms with Gasteiger partial charge in [-0.05, 0) is 25.1 Å². The molecule has 23 heavy (non-hydrogen) atoms. The van der Waals surface area contributed by atoms with Crippen LogP contribution in [0.3, 0.4) is 0 Å². The van der Waals surface area contributed by atoms with Crippen LogP contribution in [0.5, 0.6) is 5.75 Å². The third kappa shape index (κ3) is 4.30. The van der Waals surface area contributed by atoms with Gasteiger partial charge in [0.2, 0.25) is 0 Å². The van der Waals surface area contributed by atoms with E-state index < -0.39 is 0 Å². The maximum absolute atomic E-state index is 12.0. The van der Waals surface area contributed by atoms with Crippen LogP contribution in [0, 0.1) is 0 Å². The van der Waals surface area contributed by atoms with Crippen LogP contribution >= 0.6 is 11.3 Å². The number of para-hydroxylation sites is 1. The van der Waals surface area contributed by atoms with Crippen molar-refractivity contribution < 1.29 is 9.53 Å². The molecule has 3 rings (SSSR count). The molecule has 1 aliphatic heterocycles. The number of hydrogen-bond donors (Lipinski definition) is 1. The summed E-state index contributed by atoms with van der Waals surface area (Å²) in [7, 11) is 0. The molecule has 0 saturated carbocycles. The molecule has 0 atom stereocenters. The molecule has 1 aromatic carbocycles. The Balaban J connectivity index is 1.53. The topological polar surface area (TPSA) is 54.5 Å². The largest absolute Gasteiger partial charge is 0.484 e. The molecule has 0 aliphatic carbocycles. The van der Waals surface area contributed by atoms with Crippen LogP contribution in [-0.4, -0.2) is 35.5 Å². The van der Waals surface area contributed by atoms with Gasteiger partial charge in [0.15, 0.2) is 11.7 Å². The predicted octanol–water partition coefficient (Wildman–Crippen LogP) is 2.93. The maximum Gasteiger partial charge on any atom is 0.264 e. The SMILES string of the molecule is CCCN1CCc2nc(NC(=O)COc3ccccc3)sc2C1. The molecule has 0 unspecified atom stereocenters. The smallest absolute Gasteiger partial charge is 0.264 e. The summed E-state index contributed by atoms with van der Waals surface area (Å²) in [6.45, 7) is 5.30. The second kappa shape index (κ2) is 7.57. The van der Waals surface area contributed by atoms with Crippen molar-refractivity contribution in [1.82, 2.24) is 9.88 Å². The third-order valence-corrected chi connectivity index (χ3v) is 4.71. The first-order valence-corrected chi connectivity index (χ1v) is 8.75. The highest BCUT2D eigenvalue weighted by Gasteiger charge is 2.20. The Morgan fingerprint density at radius 1 is 1.39 bits per heavy atom. The summed E-state index contributed by atoms with van der Waals surface area (Å²) in [4.78, 5) is 20.2. The number of amides is 1.